The first-order valence-electron chi connectivity index (χ1n) is 8.79. The minimum Gasteiger partial charge on any atom is -0.444 e. The molecule has 1 fully saturated rings. The highest BCUT2D eigenvalue weighted by atomic mass is 16.7. The van der Waals surface area contributed by atoms with Crippen LogP contribution in [0.2, 0.25) is 0 Å². The molecular formula is C19H26N2O6. The van der Waals surface area contributed by atoms with Crippen LogP contribution in [-0.2, 0) is 30.4 Å². The lowest BCUT2D eigenvalue weighted by Crippen LogP contribution is -2.51. The highest BCUT2D eigenvalue weighted by Gasteiger charge is 2.37. The summed E-state index contributed by atoms with van der Waals surface area (Å²) in [6, 6.07) is 7.95. The number of hydrogen-bond acceptors (Lipinski definition) is 6. The van der Waals surface area contributed by atoms with Crippen molar-refractivity contribution in [2.75, 3.05) is 0 Å². The van der Waals surface area contributed by atoms with Gasteiger partial charge in [-0.2, -0.15) is 0 Å². The van der Waals surface area contributed by atoms with Crippen LogP contribution < -0.4 is 10.6 Å². The predicted molar refractivity (Wildman–Crippen MR) is 96.5 cm³/mol. The Morgan fingerprint density at radius 2 is 1.93 bits per heavy atom. The molecular weight excluding hydrogens is 352 g/mol. The van der Waals surface area contributed by atoms with E-state index in [1.165, 1.54) is 6.92 Å². The van der Waals surface area contributed by atoms with E-state index in [2.05, 4.69) is 10.6 Å². The zero-order valence-electron chi connectivity index (χ0n) is 16.0. The molecule has 1 aliphatic rings. The number of nitrogens with one attached hydrogen (secondary N) is 2. The van der Waals surface area contributed by atoms with E-state index in [0.29, 0.717) is 0 Å². The molecule has 27 heavy (non-hydrogen) atoms. The molecule has 0 aliphatic carbocycles. The van der Waals surface area contributed by atoms with Crippen LogP contribution in [0.25, 0.3) is 0 Å². The van der Waals surface area contributed by atoms with Crippen molar-refractivity contribution < 1.29 is 28.6 Å². The molecule has 1 saturated heterocycles. The van der Waals surface area contributed by atoms with Crippen molar-refractivity contribution >= 4 is 18.0 Å². The van der Waals surface area contributed by atoms with Gasteiger partial charge < -0.3 is 24.8 Å². The zero-order chi connectivity index (χ0) is 20.0. The molecule has 0 bridgehead atoms. The highest BCUT2D eigenvalue weighted by molar-refractivity contribution is 5.86. The molecule has 2 unspecified atom stereocenters. The molecule has 2 amide bonds. The van der Waals surface area contributed by atoms with Gasteiger partial charge in [0.2, 0.25) is 12.2 Å². The first kappa shape index (κ1) is 20.7. The molecule has 8 heteroatoms. The van der Waals surface area contributed by atoms with Gasteiger partial charge in [-0.25, -0.2) is 4.79 Å². The van der Waals surface area contributed by atoms with Gasteiger partial charge in [0, 0.05) is 0 Å². The Labute approximate surface area is 158 Å². The fourth-order valence-corrected chi connectivity index (χ4v) is 2.42. The van der Waals surface area contributed by atoms with Crippen LogP contribution in [0, 0.1) is 0 Å². The normalized spacial score (nSPS) is 20.5. The number of ether oxygens (including phenoxy) is 3. The second kappa shape index (κ2) is 8.85. The molecule has 0 spiro atoms. The van der Waals surface area contributed by atoms with Gasteiger partial charge in [-0.15, -0.1) is 0 Å². The summed E-state index contributed by atoms with van der Waals surface area (Å²) in [7, 11) is 0. The van der Waals surface area contributed by atoms with E-state index in [1.54, 1.807) is 20.8 Å². The maximum Gasteiger partial charge on any atom is 0.408 e. The Hall–Kier alpha value is -2.61. The van der Waals surface area contributed by atoms with Crippen LogP contribution >= 0.6 is 0 Å². The van der Waals surface area contributed by atoms with E-state index in [1.807, 2.05) is 30.3 Å². The minimum absolute atomic E-state index is 0.00432. The molecule has 1 aromatic carbocycles. The Bertz CT molecular complexity index is 671. The summed E-state index contributed by atoms with van der Waals surface area (Å²) in [6.45, 7) is 6.96. The summed E-state index contributed by atoms with van der Waals surface area (Å²) >= 11 is 0. The van der Waals surface area contributed by atoms with Gasteiger partial charge in [-0.3, -0.25) is 9.59 Å². The fraction of sp³-hybridized carbons (Fsp3) is 0.526. The van der Waals surface area contributed by atoms with Gasteiger partial charge in [0.15, 0.2) is 0 Å². The summed E-state index contributed by atoms with van der Waals surface area (Å²) in [4.78, 5) is 35.7. The number of benzene rings is 1. The second-order valence-electron chi connectivity index (χ2n) is 7.34. The monoisotopic (exact) mass is 378 g/mol. The van der Waals surface area contributed by atoms with Gasteiger partial charge in [0.25, 0.3) is 0 Å². The SMILES string of the molecule is C[C@H](NC(=O)OC(C)(C)C)C(=O)NC1CC(=O)OC1OCc1ccccc1. The van der Waals surface area contributed by atoms with E-state index in [0.717, 1.165) is 5.56 Å². The van der Waals surface area contributed by atoms with E-state index in [9.17, 15) is 14.4 Å². The number of cyclic esters (lactones) is 1. The summed E-state index contributed by atoms with van der Waals surface area (Å²) in [6.07, 6.45) is -1.57. The topological polar surface area (TPSA) is 103 Å². The summed E-state index contributed by atoms with van der Waals surface area (Å²) < 4.78 is 15.9. The van der Waals surface area contributed by atoms with Crippen LogP contribution in [0.15, 0.2) is 30.3 Å². The Morgan fingerprint density at radius 3 is 2.56 bits per heavy atom. The average Bonchev–Trinajstić information content (AvgIpc) is 2.91. The lowest BCUT2D eigenvalue weighted by molar-refractivity contribution is -0.168. The van der Waals surface area contributed by atoms with Crippen LogP contribution in [0.5, 0.6) is 0 Å². The second-order valence-corrected chi connectivity index (χ2v) is 7.34. The first-order chi connectivity index (χ1) is 12.6. The maximum absolute atomic E-state index is 12.3. The number of esters is 1. The lowest BCUT2D eigenvalue weighted by atomic mass is 10.2. The molecule has 8 nitrogen and oxygen atoms in total. The molecule has 3 atom stereocenters. The quantitative estimate of drug-likeness (QED) is 0.733. The van der Waals surface area contributed by atoms with Crippen LogP contribution in [0.1, 0.15) is 39.7 Å². The molecule has 2 N–H and O–H groups in total. The third kappa shape index (κ3) is 6.90. The molecule has 0 saturated carbocycles. The highest BCUT2D eigenvalue weighted by Crippen LogP contribution is 2.18. The third-order valence-corrected chi connectivity index (χ3v) is 3.67. The number of rotatable bonds is 6. The molecule has 1 aliphatic heterocycles. The largest absolute Gasteiger partial charge is 0.444 e. The van der Waals surface area contributed by atoms with Crippen molar-refractivity contribution in [1.29, 1.82) is 0 Å². The van der Waals surface area contributed by atoms with Gasteiger partial charge in [0.1, 0.15) is 17.7 Å². The summed E-state index contributed by atoms with van der Waals surface area (Å²) in [5.74, 6) is -0.913. The van der Waals surface area contributed by atoms with Crippen molar-refractivity contribution in [3.05, 3.63) is 35.9 Å². The lowest BCUT2D eigenvalue weighted by Gasteiger charge is -2.23. The Balaban J connectivity index is 1.86. The zero-order valence-corrected chi connectivity index (χ0v) is 16.0. The molecule has 0 aromatic heterocycles. The van der Waals surface area contributed by atoms with Crippen LogP contribution in [0.4, 0.5) is 4.79 Å². The first-order valence-corrected chi connectivity index (χ1v) is 8.79. The minimum atomic E-state index is -0.879. The van der Waals surface area contributed by atoms with E-state index in [-0.39, 0.29) is 13.0 Å². The van der Waals surface area contributed by atoms with Crippen LogP contribution in [0.3, 0.4) is 0 Å². The van der Waals surface area contributed by atoms with Crippen LogP contribution in [-0.4, -0.2) is 41.9 Å². The maximum atomic E-state index is 12.3. The van der Waals surface area contributed by atoms with Crippen molar-refractivity contribution in [1.82, 2.24) is 10.6 Å². The van der Waals surface area contributed by atoms with E-state index < -0.39 is 41.9 Å². The van der Waals surface area contributed by atoms with Crippen molar-refractivity contribution in [2.45, 2.75) is 64.7 Å². The van der Waals surface area contributed by atoms with Gasteiger partial charge in [-0.05, 0) is 33.3 Å². The third-order valence-electron chi connectivity index (χ3n) is 3.67. The number of carbonyl (C=O) groups is 3. The summed E-state index contributed by atoms with van der Waals surface area (Å²) in [5, 5.41) is 5.14. The van der Waals surface area contributed by atoms with Crippen molar-refractivity contribution in [3.63, 3.8) is 0 Å². The van der Waals surface area contributed by atoms with Crippen molar-refractivity contribution in [2.24, 2.45) is 0 Å². The van der Waals surface area contributed by atoms with Gasteiger partial charge in [-0.1, -0.05) is 30.3 Å². The summed E-state index contributed by atoms with van der Waals surface area (Å²) in [5.41, 5.74) is 0.257. The predicted octanol–water partition coefficient (Wildman–Crippen LogP) is 1.87. The molecule has 1 aromatic rings. The van der Waals surface area contributed by atoms with Crippen molar-refractivity contribution in [3.8, 4) is 0 Å². The standard InChI is InChI=1S/C19H26N2O6/c1-12(20-18(24)27-19(2,3)4)16(23)21-14-10-15(22)26-17(14)25-11-13-8-6-5-7-9-13/h5-9,12,14,17H,10-11H2,1-4H3,(H,20,24)(H,21,23)/t12-,14?,17?/m0/s1. The number of alkyl carbamates (subject to hydrolysis) is 1. The molecule has 1 heterocycles. The number of amides is 2. The van der Waals surface area contributed by atoms with Gasteiger partial charge >= 0.3 is 12.1 Å². The number of carbonyl (C=O) groups excluding carboxylic acids is 3. The van der Waals surface area contributed by atoms with E-state index >= 15 is 0 Å². The van der Waals surface area contributed by atoms with Gasteiger partial charge in [0.05, 0.1) is 13.0 Å². The average molecular weight is 378 g/mol. The molecule has 0 radical (unpaired) electrons. The van der Waals surface area contributed by atoms with E-state index in [4.69, 9.17) is 14.2 Å². The fourth-order valence-electron chi connectivity index (χ4n) is 2.42. The Morgan fingerprint density at radius 1 is 1.26 bits per heavy atom. The molecule has 2 rings (SSSR count). The molecule has 148 valence electrons. The Kier molecular flexibility index (Phi) is 6.79. The smallest absolute Gasteiger partial charge is 0.408 e. The number of hydrogen-bond donors (Lipinski definition) is 2.